The number of fused-ring (bicyclic) bond motifs is 6. The molecule has 9 nitrogen and oxygen atoms in total. The zero-order valence-corrected chi connectivity index (χ0v) is 31.5. The van der Waals surface area contributed by atoms with Crippen molar-refractivity contribution < 1.29 is 1.43 Å². The third-order valence-corrected chi connectivity index (χ3v) is 12.9. The van der Waals surface area contributed by atoms with E-state index < -0.39 is 0 Å². The number of hydrogen-bond donors (Lipinski definition) is 4. The summed E-state index contributed by atoms with van der Waals surface area (Å²) < 4.78 is 0. The molecule has 274 valence electrons. The summed E-state index contributed by atoms with van der Waals surface area (Å²) in [5, 5.41) is 6.67. The van der Waals surface area contributed by atoms with E-state index in [9.17, 15) is 0 Å². The van der Waals surface area contributed by atoms with Crippen LogP contribution in [-0.4, -0.2) is 68.6 Å². The first-order chi connectivity index (χ1) is 23.3. The lowest BCUT2D eigenvalue weighted by molar-refractivity contribution is 0.321. The number of nitrogens with two attached hydrogens (primary N) is 3. The Hall–Kier alpha value is -1.99. The van der Waals surface area contributed by atoms with Gasteiger partial charge < -0.3 is 27.4 Å². The number of nitrogens with zero attached hydrogens (tertiary/aromatic N) is 5. The molecule has 0 amide bonds. The molecule has 0 saturated heterocycles. The summed E-state index contributed by atoms with van der Waals surface area (Å²) in [5.74, 6) is 1.05. The molecule has 0 aromatic carbocycles. The van der Waals surface area contributed by atoms with Gasteiger partial charge in [-0.05, 0) is 121 Å². The van der Waals surface area contributed by atoms with Gasteiger partial charge in [-0.15, -0.1) is 22.7 Å². The van der Waals surface area contributed by atoms with E-state index in [1.807, 2.05) is 11.3 Å². The van der Waals surface area contributed by atoms with Gasteiger partial charge in [-0.1, -0.05) is 39.8 Å². The maximum atomic E-state index is 6.04. The Balaban J connectivity index is 0.000000195. The standard InChI is InChI=1S/C15H20N4S.C9H7ClN2S.C6H14N2.C6H15N.CH4.H2/c16-9-4-6-10(7-5-9)19-14-13-11-2-1-3-12(11)20-15(13)18-8-17-14;10-8-7-5-2-1-3-6(5)13-9(7)12-4-11-8;7-5-1-2-6(8)4-3-5;1-4-7(5-2)6-3;;/h8-10H,1-7,16H2,(H,17,18,19);4H,1-3H2;5-6H,1-4,7-8H2;4-6H2,1-3H3;1H4;1H/i;;;;;1+1. The molecule has 0 atom stereocenters. The minimum atomic E-state index is 0. The van der Waals surface area contributed by atoms with Crippen molar-refractivity contribution >= 4 is 60.5 Å². The van der Waals surface area contributed by atoms with Crippen molar-refractivity contribution in [3.63, 3.8) is 0 Å². The summed E-state index contributed by atoms with van der Waals surface area (Å²) >= 11 is 9.65. The summed E-state index contributed by atoms with van der Waals surface area (Å²) in [6.07, 6.45) is 19.5. The lowest BCUT2D eigenvalue weighted by Crippen LogP contribution is -2.33. The summed E-state index contributed by atoms with van der Waals surface area (Å²) in [5.41, 5.74) is 20.2. The molecule has 0 radical (unpaired) electrons. The fraction of sp³-hybridized carbons (Fsp3) is 0.676. The number of halogens is 1. The van der Waals surface area contributed by atoms with Crippen LogP contribution in [0.3, 0.4) is 0 Å². The second-order valence-corrected chi connectivity index (χ2v) is 16.0. The maximum Gasteiger partial charge on any atom is 0.141 e. The SMILES string of the molecule is C.CCN(CC)CC.Clc1ncnc2sc3c(c12)CCC3.NC1CCC(N)CC1.NC1CCC(Nc2ncnc3sc4c(c23)CCC4)CC1.[2HH]. The molecule has 2 fully saturated rings. The molecule has 4 aliphatic rings. The third kappa shape index (κ3) is 10.5. The lowest BCUT2D eigenvalue weighted by atomic mass is 9.92. The smallest absolute Gasteiger partial charge is 0.141 e. The Morgan fingerprint density at radius 2 is 1.14 bits per heavy atom. The average Bonchev–Trinajstić information content (AvgIpc) is 3.88. The van der Waals surface area contributed by atoms with E-state index in [1.54, 1.807) is 17.7 Å². The van der Waals surface area contributed by atoms with Gasteiger partial charge in [0.1, 0.15) is 33.3 Å². The summed E-state index contributed by atoms with van der Waals surface area (Å²) in [6, 6.07) is 1.79. The largest absolute Gasteiger partial charge is 0.367 e. The van der Waals surface area contributed by atoms with E-state index in [1.165, 1.54) is 84.3 Å². The van der Waals surface area contributed by atoms with Crippen LogP contribution in [0.25, 0.3) is 20.4 Å². The monoisotopic (exact) mass is 732 g/mol. The first-order valence-corrected chi connectivity index (χ1v) is 20.2. The predicted octanol–water partition coefficient (Wildman–Crippen LogP) is 8.14. The summed E-state index contributed by atoms with van der Waals surface area (Å²) in [7, 11) is 0. The molecule has 2 saturated carbocycles. The molecular weight excluding hydrogens is 670 g/mol. The van der Waals surface area contributed by atoms with Gasteiger partial charge in [-0.3, -0.25) is 0 Å². The van der Waals surface area contributed by atoms with E-state index >= 15 is 0 Å². The highest BCUT2D eigenvalue weighted by Gasteiger charge is 2.24. The second kappa shape index (κ2) is 19.6. The Kier molecular flexibility index (Phi) is 15.9. The number of aryl methyl sites for hydroxylation is 4. The number of anilines is 1. The first-order valence-electron chi connectivity index (χ1n) is 18.2. The summed E-state index contributed by atoms with van der Waals surface area (Å²) in [6.45, 7) is 10.1. The van der Waals surface area contributed by atoms with Crippen LogP contribution in [0.15, 0.2) is 12.7 Å². The third-order valence-electron chi connectivity index (χ3n) is 10.2. The van der Waals surface area contributed by atoms with Crippen molar-refractivity contribution in [2.24, 2.45) is 17.2 Å². The van der Waals surface area contributed by atoms with Gasteiger partial charge in [0.05, 0.1) is 10.8 Å². The van der Waals surface area contributed by atoms with Crippen LogP contribution in [0.2, 0.25) is 5.15 Å². The molecule has 0 aliphatic heterocycles. The van der Waals surface area contributed by atoms with Crippen LogP contribution in [-0.2, 0) is 25.7 Å². The Bertz CT molecular complexity index is 1560. The van der Waals surface area contributed by atoms with Crippen LogP contribution < -0.4 is 22.5 Å². The average molecular weight is 734 g/mol. The Morgan fingerprint density at radius 1 is 0.694 bits per heavy atom. The molecule has 4 aromatic rings. The van der Waals surface area contributed by atoms with Crippen molar-refractivity contribution in [3.8, 4) is 0 Å². The number of thiophene rings is 2. The van der Waals surface area contributed by atoms with Gasteiger partial charge >= 0.3 is 0 Å². The van der Waals surface area contributed by atoms with Crippen LogP contribution in [0, 0.1) is 0 Å². The topological polar surface area (TPSA) is 145 Å². The van der Waals surface area contributed by atoms with E-state index in [-0.39, 0.29) is 8.85 Å². The molecule has 4 aliphatic carbocycles. The van der Waals surface area contributed by atoms with Crippen molar-refractivity contribution in [2.45, 2.75) is 142 Å². The number of hydrogen-bond acceptors (Lipinski definition) is 11. The number of nitrogens with one attached hydrogen (secondary N) is 1. The predicted molar refractivity (Wildman–Crippen MR) is 214 cm³/mol. The van der Waals surface area contributed by atoms with Crippen molar-refractivity contribution in [1.29, 1.82) is 0 Å². The number of aromatic nitrogens is 4. The van der Waals surface area contributed by atoms with Crippen LogP contribution >= 0.6 is 34.3 Å². The minimum Gasteiger partial charge on any atom is -0.367 e. The highest BCUT2D eigenvalue weighted by atomic mass is 35.5. The van der Waals surface area contributed by atoms with Crippen molar-refractivity contribution in [2.75, 3.05) is 25.0 Å². The molecule has 7 N–H and O–H groups in total. The first kappa shape index (κ1) is 39.8. The fourth-order valence-electron chi connectivity index (χ4n) is 7.20. The lowest BCUT2D eigenvalue weighted by Gasteiger charge is -2.27. The van der Waals surface area contributed by atoms with Crippen LogP contribution in [0.4, 0.5) is 5.82 Å². The van der Waals surface area contributed by atoms with E-state index in [0.717, 1.165) is 78.7 Å². The fourth-order valence-corrected chi connectivity index (χ4v) is 9.96. The van der Waals surface area contributed by atoms with Gasteiger partial charge in [0.15, 0.2) is 0 Å². The highest BCUT2D eigenvalue weighted by molar-refractivity contribution is 7.19. The zero-order valence-electron chi connectivity index (χ0n) is 29.1. The molecule has 0 unspecified atom stereocenters. The normalized spacial score (nSPS) is 22.5. The molecule has 0 spiro atoms. The molecule has 4 aromatic heterocycles. The van der Waals surface area contributed by atoms with Gasteiger partial charge in [0.2, 0.25) is 0 Å². The van der Waals surface area contributed by atoms with Gasteiger partial charge in [-0.2, -0.15) is 0 Å². The molecule has 0 bridgehead atoms. The summed E-state index contributed by atoms with van der Waals surface area (Å²) in [4.78, 5) is 24.8. The van der Waals surface area contributed by atoms with E-state index in [0.29, 0.717) is 29.3 Å². The van der Waals surface area contributed by atoms with E-state index in [4.69, 9.17) is 28.8 Å². The molecule has 4 heterocycles. The van der Waals surface area contributed by atoms with Crippen LogP contribution in [0.1, 0.15) is 115 Å². The molecule has 12 heteroatoms. The van der Waals surface area contributed by atoms with Crippen molar-refractivity contribution in [1.82, 2.24) is 24.8 Å². The van der Waals surface area contributed by atoms with Gasteiger partial charge in [0, 0.05) is 35.3 Å². The van der Waals surface area contributed by atoms with E-state index in [2.05, 4.69) is 50.9 Å². The molecular formula is C37H62ClN9S2. The highest BCUT2D eigenvalue weighted by Crippen LogP contribution is 2.40. The maximum absolute atomic E-state index is 6.04. The Morgan fingerprint density at radius 3 is 1.63 bits per heavy atom. The van der Waals surface area contributed by atoms with Crippen LogP contribution in [0.5, 0.6) is 0 Å². The number of rotatable bonds is 5. The molecule has 49 heavy (non-hydrogen) atoms. The quantitative estimate of drug-likeness (QED) is 0.149. The van der Waals surface area contributed by atoms with Gasteiger partial charge in [-0.25, -0.2) is 19.9 Å². The molecule has 8 rings (SSSR count). The van der Waals surface area contributed by atoms with Gasteiger partial charge in [0.25, 0.3) is 0 Å². The Labute approximate surface area is 308 Å². The minimum absolute atomic E-state index is 0. The van der Waals surface area contributed by atoms with Crippen molar-refractivity contribution in [3.05, 3.63) is 38.7 Å². The second-order valence-electron chi connectivity index (χ2n) is 13.5. The zero-order chi connectivity index (χ0) is 34.0.